The summed E-state index contributed by atoms with van der Waals surface area (Å²) in [6.45, 7) is 1.88. The molecule has 0 aliphatic heterocycles. The molecule has 2 aromatic rings. The van der Waals surface area contributed by atoms with Gasteiger partial charge in [0.2, 0.25) is 0 Å². The molecule has 0 aromatic carbocycles. The van der Waals surface area contributed by atoms with E-state index in [1.807, 2.05) is 31.2 Å². The second kappa shape index (κ2) is 4.16. The van der Waals surface area contributed by atoms with Gasteiger partial charge in [-0.25, -0.2) is 10.8 Å². The number of hydrazine groups is 1. The molecule has 0 saturated heterocycles. The molecule has 82 valence electrons. The van der Waals surface area contributed by atoms with Crippen molar-refractivity contribution in [2.24, 2.45) is 5.84 Å². The Bertz CT molecular complexity index is 483. The van der Waals surface area contributed by atoms with Gasteiger partial charge in [0.05, 0.1) is 17.6 Å². The second-order valence-corrected chi connectivity index (χ2v) is 3.44. The molecule has 2 heterocycles. The zero-order chi connectivity index (χ0) is 11.5. The molecule has 16 heavy (non-hydrogen) atoms. The van der Waals surface area contributed by atoms with Crippen LogP contribution in [0.4, 0.5) is 17.2 Å². The normalized spacial score (nSPS) is 10.1. The van der Waals surface area contributed by atoms with Gasteiger partial charge in [-0.2, -0.15) is 0 Å². The third kappa shape index (κ3) is 1.94. The maximum Gasteiger partial charge on any atom is 0.147 e. The second-order valence-electron chi connectivity index (χ2n) is 3.44. The fourth-order valence-electron chi connectivity index (χ4n) is 1.38. The van der Waals surface area contributed by atoms with Crippen molar-refractivity contribution < 1.29 is 0 Å². The van der Waals surface area contributed by atoms with Crippen LogP contribution in [0.25, 0.3) is 0 Å². The van der Waals surface area contributed by atoms with Crippen molar-refractivity contribution in [1.82, 2.24) is 9.97 Å². The van der Waals surface area contributed by atoms with Crippen LogP contribution in [0.15, 0.2) is 36.7 Å². The minimum Gasteiger partial charge on any atom is -0.396 e. The summed E-state index contributed by atoms with van der Waals surface area (Å²) in [6.07, 6.45) is 3.27. The van der Waals surface area contributed by atoms with Crippen LogP contribution in [0, 0.1) is 6.92 Å². The number of nitrogens with two attached hydrogens (primary N) is 2. The van der Waals surface area contributed by atoms with Gasteiger partial charge < -0.3 is 5.73 Å². The number of nitrogen functional groups attached to an aromatic ring is 1. The standard InChI is InChI=1S/C11H13N5/c1-8-6-10(9(12)7-15-8)16(13)11-4-2-3-5-14-11/h2-7H,12-13H2,1H3. The van der Waals surface area contributed by atoms with Crippen LogP contribution < -0.4 is 16.6 Å². The molecular weight excluding hydrogens is 202 g/mol. The van der Waals surface area contributed by atoms with Gasteiger partial charge in [-0.15, -0.1) is 0 Å². The van der Waals surface area contributed by atoms with Crippen molar-refractivity contribution in [2.45, 2.75) is 6.92 Å². The van der Waals surface area contributed by atoms with Crippen molar-refractivity contribution in [3.05, 3.63) is 42.4 Å². The predicted octanol–water partition coefficient (Wildman–Crippen LogP) is 1.38. The summed E-state index contributed by atoms with van der Waals surface area (Å²) in [5.74, 6) is 6.59. The highest BCUT2D eigenvalue weighted by atomic mass is 15.4. The van der Waals surface area contributed by atoms with Crippen molar-refractivity contribution in [1.29, 1.82) is 0 Å². The molecule has 0 spiro atoms. The Balaban J connectivity index is 2.41. The summed E-state index contributed by atoms with van der Waals surface area (Å²) < 4.78 is 0. The molecule has 0 fully saturated rings. The highest BCUT2D eigenvalue weighted by Gasteiger charge is 2.09. The van der Waals surface area contributed by atoms with Crippen molar-refractivity contribution >= 4 is 17.2 Å². The van der Waals surface area contributed by atoms with Crippen molar-refractivity contribution in [3.8, 4) is 0 Å². The minimum absolute atomic E-state index is 0.527. The monoisotopic (exact) mass is 215 g/mol. The first-order chi connectivity index (χ1) is 7.68. The molecule has 0 aliphatic carbocycles. The highest BCUT2D eigenvalue weighted by Crippen LogP contribution is 2.25. The van der Waals surface area contributed by atoms with E-state index in [9.17, 15) is 0 Å². The number of hydrogen-bond acceptors (Lipinski definition) is 5. The van der Waals surface area contributed by atoms with Gasteiger partial charge in [-0.3, -0.25) is 9.99 Å². The molecule has 2 rings (SSSR count). The Morgan fingerprint density at radius 3 is 2.75 bits per heavy atom. The van der Waals surface area contributed by atoms with Crippen LogP contribution in [0.5, 0.6) is 0 Å². The van der Waals surface area contributed by atoms with Gasteiger partial charge in [0.25, 0.3) is 0 Å². The molecule has 0 saturated carbocycles. The number of hydrogen-bond donors (Lipinski definition) is 2. The Labute approximate surface area is 93.7 Å². The average molecular weight is 215 g/mol. The van der Waals surface area contributed by atoms with E-state index in [1.54, 1.807) is 12.4 Å². The smallest absolute Gasteiger partial charge is 0.147 e. The number of aromatic nitrogens is 2. The lowest BCUT2D eigenvalue weighted by Gasteiger charge is -2.19. The van der Waals surface area contributed by atoms with E-state index in [0.29, 0.717) is 17.2 Å². The fourth-order valence-corrected chi connectivity index (χ4v) is 1.38. The van der Waals surface area contributed by atoms with E-state index < -0.39 is 0 Å². The molecule has 0 atom stereocenters. The Kier molecular flexibility index (Phi) is 2.70. The van der Waals surface area contributed by atoms with Gasteiger partial charge >= 0.3 is 0 Å². The van der Waals surface area contributed by atoms with E-state index in [4.69, 9.17) is 11.6 Å². The number of aryl methyl sites for hydroxylation is 1. The molecule has 0 amide bonds. The third-order valence-electron chi connectivity index (χ3n) is 2.20. The zero-order valence-electron chi connectivity index (χ0n) is 8.96. The first-order valence-corrected chi connectivity index (χ1v) is 4.86. The topological polar surface area (TPSA) is 81.1 Å². The van der Waals surface area contributed by atoms with Gasteiger partial charge in [0.1, 0.15) is 5.82 Å². The number of rotatable bonds is 2. The fraction of sp³-hybridized carbons (Fsp3) is 0.0909. The van der Waals surface area contributed by atoms with E-state index >= 15 is 0 Å². The van der Waals surface area contributed by atoms with E-state index in [2.05, 4.69) is 9.97 Å². The molecular formula is C11H13N5. The molecule has 5 heteroatoms. The summed E-state index contributed by atoms with van der Waals surface area (Å²) in [5, 5.41) is 1.45. The zero-order valence-corrected chi connectivity index (χ0v) is 8.96. The summed E-state index contributed by atoms with van der Waals surface area (Å²) in [6, 6.07) is 7.34. The lowest BCUT2D eigenvalue weighted by molar-refractivity contribution is 1.03. The Hall–Kier alpha value is -2.14. The lowest BCUT2D eigenvalue weighted by atomic mass is 10.3. The summed E-state index contributed by atoms with van der Waals surface area (Å²) in [4.78, 5) is 8.24. The molecule has 0 unspecified atom stereocenters. The van der Waals surface area contributed by atoms with Gasteiger partial charge in [0.15, 0.2) is 0 Å². The Morgan fingerprint density at radius 1 is 1.25 bits per heavy atom. The van der Waals surface area contributed by atoms with Gasteiger partial charge in [-0.1, -0.05) is 6.07 Å². The van der Waals surface area contributed by atoms with E-state index in [1.165, 1.54) is 5.01 Å². The van der Waals surface area contributed by atoms with E-state index in [-0.39, 0.29) is 0 Å². The first-order valence-electron chi connectivity index (χ1n) is 4.86. The Morgan fingerprint density at radius 2 is 2.06 bits per heavy atom. The number of nitrogens with zero attached hydrogens (tertiary/aromatic N) is 3. The SMILES string of the molecule is Cc1cc(N(N)c2ccccn2)c(N)cn1. The number of anilines is 3. The van der Waals surface area contributed by atoms with Crippen LogP contribution >= 0.6 is 0 Å². The summed E-state index contributed by atoms with van der Waals surface area (Å²) in [7, 11) is 0. The van der Waals surface area contributed by atoms with Crippen molar-refractivity contribution in [2.75, 3.05) is 10.7 Å². The number of pyridine rings is 2. The van der Waals surface area contributed by atoms with Gasteiger partial charge in [0, 0.05) is 11.9 Å². The third-order valence-corrected chi connectivity index (χ3v) is 2.20. The van der Waals surface area contributed by atoms with Crippen LogP contribution in [-0.4, -0.2) is 9.97 Å². The van der Waals surface area contributed by atoms with Crippen molar-refractivity contribution in [3.63, 3.8) is 0 Å². The molecule has 0 aliphatic rings. The maximum atomic E-state index is 5.95. The summed E-state index contributed by atoms with van der Waals surface area (Å²) in [5.41, 5.74) is 7.90. The maximum absolute atomic E-state index is 5.95. The van der Waals surface area contributed by atoms with Crippen LogP contribution in [-0.2, 0) is 0 Å². The van der Waals surface area contributed by atoms with Crippen LogP contribution in [0.2, 0.25) is 0 Å². The molecule has 2 aromatic heterocycles. The predicted molar refractivity (Wildman–Crippen MR) is 63.9 cm³/mol. The summed E-state index contributed by atoms with van der Waals surface area (Å²) >= 11 is 0. The van der Waals surface area contributed by atoms with E-state index in [0.717, 1.165) is 5.69 Å². The first kappa shape index (κ1) is 10.4. The average Bonchev–Trinajstić information content (AvgIpc) is 2.32. The largest absolute Gasteiger partial charge is 0.396 e. The molecule has 5 nitrogen and oxygen atoms in total. The quantitative estimate of drug-likeness (QED) is 0.584. The minimum atomic E-state index is 0.527. The molecule has 0 radical (unpaired) electrons. The lowest BCUT2D eigenvalue weighted by Crippen LogP contribution is -2.26. The van der Waals surface area contributed by atoms with Crippen LogP contribution in [0.3, 0.4) is 0 Å². The molecule has 4 N–H and O–H groups in total. The highest BCUT2D eigenvalue weighted by molar-refractivity contribution is 5.71. The van der Waals surface area contributed by atoms with Gasteiger partial charge in [-0.05, 0) is 25.1 Å². The van der Waals surface area contributed by atoms with Crippen LogP contribution in [0.1, 0.15) is 5.69 Å². The molecule has 0 bridgehead atoms.